The van der Waals surface area contributed by atoms with Gasteiger partial charge in [-0.15, -0.1) is 5.54 Å². The number of hydrogen-bond donors (Lipinski definition) is 1. The predicted octanol–water partition coefficient (Wildman–Crippen LogP) is 4.95. The second-order valence-electron chi connectivity index (χ2n) is 8.48. The first-order chi connectivity index (χ1) is 14.8. The van der Waals surface area contributed by atoms with E-state index >= 15 is 0 Å². The maximum atomic E-state index is 13.1. The zero-order valence-corrected chi connectivity index (χ0v) is 18.6. The van der Waals surface area contributed by atoms with Crippen molar-refractivity contribution in [3.8, 4) is 17.5 Å². The highest BCUT2D eigenvalue weighted by molar-refractivity contribution is 6.83. The van der Waals surface area contributed by atoms with Crippen LogP contribution in [0.15, 0.2) is 54.6 Å². The molecule has 0 saturated heterocycles. The Morgan fingerprint density at radius 1 is 1.00 bits per heavy atom. The Labute approximate surface area is 182 Å². The van der Waals surface area contributed by atoms with E-state index in [1.165, 1.54) is 4.90 Å². The normalized spacial score (nSPS) is 13.5. The molecule has 0 bridgehead atoms. The molecule has 4 rings (SSSR count). The van der Waals surface area contributed by atoms with E-state index in [4.69, 9.17) is 0 Å². The molecule has 1 N–H and O–H groups in total. The number of fused-ring (bicyclic) bond motifs is 3. The number of hydrogen-bond acceptors (Lipinski definition) is 3. The summed E-state index contributed by atoms with van der Waals surface area (Å²) in [4.78, 5) is 27.1. The van der Waals surface area contributed by atoms with Crippen molar-refractivity contribution in [2.75, 3.05) is 10.2 Å². The molecule has 152 valence electrons. The molecule has 3 aromatic carbocycles. The Balaban J connectivity index is 2.05. The number of amides is 2. The van der Waals surface area contributed by atoms with Gasteiger partial charge in [-0.25, -0.2) is 0 Å². The van der Waals surface area contributed by atoms with Gasteiger partial charge in [0.05, 0.1) is 28.7 Å². The smallest absolute Gasteiger partial charge is 0.241 e. The van der Waals surface area contributed by atoms with Gasteiger partial charge in [0, 0.05) is 10.9 Å². The molecule has 1 aliphatic rings. The molecule has 31 heavy (non-hydrogen) atoms. The van der Waals surface area contributed by atoms with Crippen LogP contribution in [0.1, 0.15) is 17.5 Å². The summed E-state index contributed by atoms with van der Waals surface area (Å²) < 4.78 is 0. The lowest BCUT2D eigenvalue weighted by Crippen LogP contribution is -2.26. The van der Waals surface area contributed by atoms with Gasteiger partial charge in [-0.05, 0) is 29.7 Å². The van der Waals surface area contributed by atoms with Crippen LogP contribution in [-0.4, -0.2) is 19.9 Å². The zero-order valence-electron chi connectivity index (χ0n) is 17.6. The number of nitrogens with zero attached hydrogens (tertiary/aromatic N) is 2. The largest absolute Gasteiger partial charge is 0.323 e. The van der Waals surface area contributed by atoms with Gasteiger partial charge in [-0.3, -0.25) is 14.5 Å². The van der Waals surface area contributed by atoms with Crippen LogP contribution >= 0.6 is 0 Å². The number of nitriles is 1. The van der Waals surface area contributed by atoms with Crippen molar-refractivity contribution in [3.05, 3.63) is 65.7 Å². The van der Waals surface area contributed by atoms with E-state index in [2.05, 4.69) is 42.5 Å². The van der Waals surface area contributed by atoms with Crippen LogP contribution in [-0.2, 0) is 9.59 Å². The second kappa shape index (κ2) is 7.75. The van der Waals surface area contributed by atoms with Crippen LogP contribution < -0.4 is 10.2 Å². The quantitative estimate of drug-likeness (QED) is 0.342. The number of nitrogens with one attached hydrogen (secondary N) is 1. The van der Waals surface area contributed by atoms with Crippen LogP contribution in [0.25, 0.3) is 10.8 Å². The highest BCUT2D eigenvalue weighted by Crippen LogP contribution is 2.41. The Morgan fingerprint density at radius 3 is 2.45 bits per heavy atom. The van der Waals surface area contributed by atoms with Gasteiger partial charge in [0.25, 0.3) is 0 Å². The lowest BCUT2D eigenvalue weighted by atomic mass is 10.0. The number of anilines is 3. The summed E-state index contributed by atoms with van der Waals surface area (Å²) in [5.41, 5.74) is 6.33. The van der Waals surface area contributed by atoms with Gasteiger partial charge in [0.15, 0.2) is 0 Å². The molecular weight excluding hydrogens is 402 g/mol. The average Bonchev–Trinajstić information content (AvgIpc) is 2.86. The fourth-order valence-electron chi connectivity index (χ4n) is 3.56. The topological polar surface area (TPSA) is 73.2 Å². The number of benzene rings is 3. The molecule has 0 saturated carbocycles. The van der Waals surface area contributed by atoms with E-state index in [0.29, 0.717) is 22.6 Å². The Bertz CT molecular complexity index is 1340. The molecular formula is C25H21N3O2Si. The van der Waals surface area contributed by atoms with Crippen molar-refractivity contribution in [3.63, 3.8) is 0 Å². The summed E-state index contributed by atoms with van der Waals surface area (Å²) in [6.07, 6.45) is -0.282. The summed E-state index contributed by atoms with van der Waals surface area (Å²) in [6, 6.07) is 18.5. The van der Waals surface area contributed by atoms with E-state index < -0.39 is 8.07 Å². The van der Waals surface area contributed by atoms with E-state index in [1.54, 1.807) is 24.3 Å². The van der Waals surface area contributed by atoms with E-state index in [1.807, 2.05) is 30.3 Å². The minimum absolute atomic E-state index is 0.282. The number of rotatable bonds is 1. The Morgan fingerprint density at radius 2 is 1.74 bits per heavy atom. The first kappa shape index (κ1) is 20.4. The van der Waals surface area contributed by atoms with Crippen LogP contribution in [0.3, 0.4) is 0 Å². The summed E-state index contributed by atoms with van der Waals surface area (Å²) in [6.45, 7) is 6.53. The number of carbonyl (C=O) groups is 2. The Kier molecular flexibility index (Phi) is 5.10. The van der Waals surface area contributed by atoms with Crippen molar-refractivity contribution < 1.29 is 9.59 Å². The molecule has 0 fully saturated rings. The average molecular weight is 424 g/mol. The van der Waals surface area contributed by atoms with E-state index in [0.717, 1.165) is 16.3 Å². The highest BCUT2D eigenvalue weighted by atomic mass is 28.3. The summed E-state index contributed by atoms with van der Waals surface area (Å²) in [5, 5.41) is 14.0. The third-order valence-corrected chi connectivity index (χ3v) is 5.77. The lowest BCUT2D eigenvalue weighted by Gasteiger charge is -2.24. The van der Waals surface area contributed by atoms with Crippen molar-refractivity contribution >= 4 is 47.7 Å². The molecule has 0 radical (unpaired) electrons. The molecule has 3 aromatic rings. The van der Waals surface area contributed by atoms with E-state index in [-0.39, 0.29) is 18.2 Å². The van der Waals surface area contributed by atoms with Crippen LogP contribution in [0.2, 0.25) is 19.6 Å². The second-order valence-corrected chi connectivity index (χ2v) is 13.2. The fourth-order valence-corrected chi connectivity index (χ4v) is 4.07. The summed E-state index contributed by atoms with van der Waals surface area (Å²) in [7, 11) is -1.64. The fraction of sp³-hybridized carbons (Fsp3) is 0.160. The molecule has 0 unspecified atom stereocenters. The SMILES string of the molecule is C[Si](C)(C)C#Cc1cc2c(c3ccccc13)NC(=O)CC(=O)N2c1cccc(C#N)c1. The lowest BCUT2D eigenvalue weighted by molar-refractivity contribution is -0.124. The maximum Gasteiger partial charge on any atom is 0.241 e. The highest BCUT2D eigenvalue weighted by Gasteiger charge is 2.29. The Hall–Kier alpha value is -3.87. The van der Waals surface area contributed by atoms with Crippen LogP contribution in [0.4, 0.5) is 17.1 Å². The first-order valence-electron chi connectivity index (χ1n) is 9.99. The third kappa shape index (κ3) is 4.07. The van der Waals surface area contributed by atoms with Crippen molar-refractivity contribution in [2.24, 2.45) is 0 Å². The van der Waals surface area contributed by atoms with Gasteiger partial charge in [-0.2, -0.15) is 5.26 Å². The van der Waals surface area contributed by atoms with Crippen LogP contribution in [0.5, 0.6) is 0 Å². The summed E-state index contributed by atoms with van der Waals surface area (Å²) >= 11 is 0. The standard InChI is InChI=1S/C25H21N3O2Si/c1-31(2,3)12-11-18-14-22-25(21-10-5-4-9-20(18)21)27-23(29)15-24(30)28(22)19-8-6-7-17(13-19)16-26/h4-10,13-14H,15H2,1-3H3,(H,27,29). The van der Waals surface area contributed by atoms with Gasteiger partial charge < -0.3 is 5.32 Å². The van der Waals surface area contributed by atoms with Crippen molar-refractivity contribution in [1.82, 2.24) is 0 Å². The van der Waals surface area contributed by atoms with E-state index in [9.17, 15) is 14.9 Å². The molecule has 1 heterocycles. The minimum Gasteiger partial charge on any atom is -0.323 e. The number of carbonyl (C=O) groups excluding carboxylic acids is 2. The third-order valence-electron chi connectivity index (χ3n) is 4.90. The molecule has 5 nitrogen and oxygen atoms in total. The monoisotopic (exact) mass is 423 g/mol. The maximum absolute atomic E-state index is 13.1. The summed E-state index contributed by atoms with van der Waals surface area (Å²) in [5.74, 6) is 2.61. The molecule has 0 atom stereocenters. The molecule has 1 aliphatic heterocycles. The predicted molar refractivity (Wildman–Crippen MR) is 126 cm³/mol. The van der Waals surface area contributed by atoms with Gasteiger partial charge in [0.2, 0.25) is 11.8 Å². The van der Waals surface area contributed by atoms with Crippen molar-refractivity contribution in [1.29, 1.82) is 5.26 Å². The molecule has 0 spiro atoms. The molecule has 6 heteroatoms. The van der Waals surface area contributed by atoms with Crippen LogP contribution in [0, 0.1) is 22.8 Å². The first-order valence-corrected chi connectivity index (χ1v) is 13.5. The van der Waals surface area contributed by atoms with Gasteiger partial charge in [0.1, 0.15) is 14.5 Å². The molecule has 2 amide bonds. The van der Waals surface area contributed by atoms with Gasteiger partial charge >= 0.3 is 0 Å². The molecule has 0 aliphatic carbocycles. The zero-order chi connectivity index (χ0) is 22.2. The molecule has 0 aromatic heterocycles. The van der Waals surface area contributed by atoms with Gasteiger partial charge in [-0.1, -0.05) is 55.9 Å². The van der Waals surface area contributed by atoms with Crippen molar-refractivity contribution in [2.45, 2.75) is 26.1 Å². The minimum atomic E-state index is -1.64.